The van der Waals surface area contributed by atoms with Crippen LogP contribution >= 0.6 is 0 Å². The Balaban J connectivity index is 1.80. The van der Waals surface area contributed by atoms with Gasteiger partial charge in [0.1, 0.15) is 6.10 Å². The van der Waals surface area contributed by atoms with Crippen molar-refractivity contribution in [3.8, 4) is 0 Å². The van der Waals surface area contributed by atoms with Gasteiger partial charge in [-0.1, -0.05) is 72.3 Å². The fourth-order valence-corrected chi connectivity index (χ4v) is 5.22. The number of sulfonamides is 1. The molecular formula is C26H26N2O3S. The first-order valence-electron chi connectivity index (χ1n) is 10.3. The second-order valence-electron chi connectivity index (χ2n) is 8.03. The highest BCUT2D eigenvalue weighted by molar-refractivity contribution is 7.93. The Morgan fingerprint density at radius 2 is 1.53 bits per heavy atom. The van der Waals surface area contributed by atoms with Crippen LogP contribution in [0, 0.1) is 6.92 Å². The minimum Gasteiger partial charge on any atom is -0.384 e. The van der Waals surface area contributed by atoms with Crippen molar-refractivity contribution in [1.82, 2.24) is 0 Å². The normalized spacial score (nSPS) is 12.5. The van der Waals surface area contributed by atoms with Gasteiger partial charge in [0.15, 0.2) is 0 Å². The molecule has 4 aromatic rings. The van der Waals surface area contributed by atoms with Crippen molar-refractivity contribution in [2.75, 3.05) is 23.7 Å². The highest BCUT2D eigenvalue weighted by Crippen LogP contribution is 2.34. The number of rotatable bonds is 6. The summed E-state index contributed by atoms with van der Waals surface area (Å²) in [5, 5.41) is 12.5. The van der Waals surface area contributed by atoms with Crippen molar-refractivity contribution < 1.29 is 13.5 Å². The molecule has 0 saturated carbocycles. The maximum Gasteiger partial charge on any atom is 0.262 e. The molecule has 164 valence electrons. The number of nitrogens with zero attached hydrogens (tertiary/aromatic N) is 1. The summed E-state index contributed by atoms with van der Waals surface area (Å²) in [5.74, 6) is 0. The van der Waals surface area contributed by atoms with Gasteiger partial charge in [-0.3, -0.25) is 4.72 Å². The van der Waals surface area contributed by atoms with Gasteiger partial charge in [0.2, 0.25) is 0 Å². The average Bonchev–Trinajstić information content (AvgIpc) is 2.79. The molecule has 0 aliphatic carbocycles. The number of nitrogens with one attached hydrogen (secondary N) is 1. The summed E-state index contributed by atoms with van der Waals surface area (Å²) in [7, 11) is -0.0564. The van der Waals surface area contributed by atoms with E-state index in [0.717, 1.165) is 16.6 Å². The summed E-state index contributed by atoms with van der Waals surface area (Å²) in [6.45, 7) is 1.91. The number of aliphatic hydroxyl groups excluding tert-OH is 1. The third kappa shape index (κ3) is 4.20. The van der Waals surface area contributed by atoms with E-state index < -0.39 is 16.1 Å². The lowest BCUT2D eigenvalue weighted by atomic mass is 9.98. The summed E-state index contributed by atoms with van der Waals surface area (Å²) >= 11 is 0. The SMILES string of the molecule is Cc1ccc(NS(=O)(=O)c2cccc3c(N(C)C)cccc23)c(C(O)c2ccccc2)c1. The predicted molar refractivity (Wildman–Crippen MR) is 131 cm³/mol. The van der Waals surface area contributed by atoms with Gasteiger partial charge in [-0.05, 0) is 30.7 Å². The lowest BCUT2D eigenvalue weighted by Crippen LogP contribution is -2.16. The van der Waals surface area contributed by atoms with Crippen molar-refractivity contribution in [1.29, 1.82) is 0 Å². The zero-order chi connectivity index (χ0) is 22.9. The van der Waals surface area contributed by atoms with Crippen LogP contribution in [0.3, 0.4) is 0 Å². The largest absolute Gasteiger partial charge is 0.384 e. The zero-order valence-electron chi connectivity index (χ0n) is 18.3. The molecule has 0 radical (unpaired) electrons. The highest BCUT2D eigenvalue weighted by atomic mass is 32.2. The molecule has 1 unspecified atom stereocenters. The van der Waals surface area contributed by atoms with Gasteiger partial charge >= 0.3 is 0 Å². The summed E-state index contributed by atoms with van der Waals surface area (Å²) in [6, 6.07) is 25.4. The van der Waals surface area contributed by atoms with Crippen LogP contribution in [-0.4, -0.2) is 27.6 Å². The van der Waals surface area contributed by atoms with E-state index in [9.17, 15) is 13.5 Å². The molecule has 0 spiro atoms. The van der Waals surface area contributed by atoms with E-state index in [1.807, 2.05) is 92.6 Å². The Morgan fingerprint density at radius 1 is 0.844 bits per heavy atom. The first-order valence-corrected chi connectivity index (χ1v) is 11.8. The van der Waals surface area contributed by atoms with Crippen molar-refractivity contribution in [2.24, 2.45) is 0 Å². The van der Waals surface area contributed by atoms with Crippen LogP contribution in [0.4, 0.5) is 11.4 Å². The van der Waals surface area contributed by atoms with Crippen LogP contribution < -0.4 is 9.62 Å². The smallest absolute Gasteiger partial charge is 0.262 e. The monoisotopic (exact) mass is 446 g/mol. The lowest BCUT2D eigenvalue weighted by Gasteiger charge is -2.20. The molecule has 2 N–H and O–H groups in total. The molecule has 5 nitrogen and oxygen atoms in total. The summed E-state index contributed by atoms with van der Waals surface area (Å²) in [4.78, 5) is 2.15. The molecule has 6 heteroatoms. The first-order chi connectivity index (χ1) is 15.3. The Bertz CT molecular complexity index is 1370. The number of hydrogen-bond donors (Lipinski definition) is 2. The van der Waals surface area contributed by atoms with E-state index in [1.165, 1.54) is 0 Å². The van der Waals surface area contributed by atoms with Gasteiger partial charge in [-0.15, -0.1) is 0 Å². The molecule has 0 aliphatic heterocycles. The minimum atomic E-state index is -3.91. The lowest BCUT2D eigenvalue weighted by molar-refractivity contribution is 0.221. The summed E-state index contributed by atoms with van der Waals surface area (Å²) < 4.78 is 29.7. The van der Waals surface area contributed by atoms with Crippen LogP contribution in [0.25, 0.3) is 10.8 Å². The molecule has 0 aromatic heterocycles. The van der Waals surface area contributed by atoms with E-state index in [1.54, 1.807) is 18.2 Å². The van der Waals surface area contributed by atoms with Gasteiger partial charge in [-0.2, -0.15) is 0 Å². The van der Waals surface area contributed by atoms with Crippen LogP contribution in [0.2, 0.25) is 0 Å². The molecule has 0 aliphatic rings. The maximum atomic E-state index is 13.5. The molecule has 32 heavy (non-hydrogen) atoms. The Morgan fingerprint density at radius 3 is 2.25 bits per heavy atom. The maximum absolute atomic E-state index is 13.5. The Labute approximate surface area is 189 Å². The van der Waals surface area contributed by atoms with Gasteiger partial charge in [0, 0.05) is 36.1 Å². The van der Waals surface area contributed by atoms with Crippen LogP contribution in [0.15, 0.2) is 89.8 Å². The fourth-order valence-electron chi connectivity index (χ4n) is 3.90. The third-order valence-electron chi connectivity index (χ3n) is 5.49. The second-order valence-corrected chi connectivity index (χ2v) is 9.68. The van der Waals surface area contributed by atoms with E-state index >= 15 is 0 Å². The van der Waals surface area contributed by atoms with Gasteiger partial charge < -0.3 is 10.0 Å². The third-order valence-corrected chi connectivity index (χ3v) is 6.92. The van der Waals surface area contributed by atoms with E-state index in [4.69, 9.17) is 0 Å². The molecule has 1 atom stereocenters. The summed E-state index contributed by atoms with van der Waals surface area (Å²) in [5.41, 5.74) is 3.43. The molecular weight excluding hydrogens is 420 g/mol. The number of fused-ring (bicyclic) bond motifs is 1. The number of aliphatic hydroxyl groups is 1. The number of benzene rings is 4. The van der Waals surface area contributed by atoms with Crippen molar-refractivity contribution in [3.63, 3.8) is 0 Å². The molecule has 0 fully saturated rings. The van der Waals surface area contributed by atoms with Crippen molar-refractivity contribution in [2.45, 2.75) is 17.9 Å². The fraction of sp³-hybridized carbons (Fsp3) is 0.154. The predicted octanol–water partition coefficient (Wildman–Crippen LogP) is 5.10. The van der Waals surface area contributed by atoms with Crippen molar-refractivity contribution >= 4 is 32.2 Å². The van der Waals surface area contributed by atoms with E-state index in [2.05, 4.69) is 4.72 Å². The molecule has 0 saturated heterocycles. The first kappa shape index (κ1) is 21.9. The number of anilines is 2. The van der Waals surface area contributed by atoms with E-state index in [-0.39, 0.29) is 4.90 Å². The van der Waals surface area contributed by atoms with Gasteiger partial charge in [-0.25, -0.2) is 8.42 Å². The number of aryl methyl sites for hydroxylation is 1. The Kier molecular flexibility index (Phi) is 5.91. The Hall–Kier alpha value is -3.35. The van der Waals surface area contributed by atoms with Crippen LogP contribution in [-0.2, 0) is 10.0 Å². The highest BCUT2D eigenvalue weighted by Gasteiger charge is 2.22. The minimum absolute atomic E-state index is 0.194. The quantitative estimate of drug-likeness (QED) is 0.433. The second kappa shape index (κ2) is 8.65. The molecule has 0 amide bonds. The van der Waals surface area contributed by atoms with Crippen molar-refractivity contribution in [3.05, 3.63) is 102 Å². The topological polar surface area (TPSA) is 69.6 Å². The summed E-state index contributed by atoms with van der Waals surface area (Å²) in [6.07, 6.45) is -0.957. The average molecular weight is 447 g/mol. The van der Waals surface area contributed by atoms with Gasteiger partial charge in [0.05, 0.1) is 10.6 Å². The number of hydrogen-bond acceptors (Lipinski definition) is 4. The van der Waals surface area contributed by atoms with Gasteiger partial charge in [0.25, 0.3) is 10.0 Å². The van der Waals surface area contributed by atoms with Crippen LogP contribution in [0.1, 0.15) is 22.8 Å². The standard InChI is InChI=1S/C26H26N2O3S/c1-18-15-16-23(22(17-18)26(29)19-9-5-4-6-10-19)27-32(30,31)25-14-8-11-20-21(25)12-7-13-24(20)28(2)3/h4-17,26-27,29H,1-3H3. The molecule has 0 bridgehead atoms. The van der Waals surface area contributed by atoms with E-state index in [0.29, 0.717) is 22.2 Å². The van der Waals surface area contributed by atoms with Crippen LogP contribution in [0.5, 0.6) is 0 Å². The molecule has 4 rings (SSSR count). The zero-order valence-corrected chi connectivity index (χ0v) is 19.1. The molecule has 0 heterocycles. The molecule has 4 aromatic carbocycles.